The summed E-state index contributed by atoms with van der Waals surface area (Å²) >= 11 is 0. The Balaban J connectivity index is 1.95. The molecule has 1 aromatic heterocycles. The first-order chi connectivity index (χ1) is 12.0. The number of aryl methyl sites for hydroxylation is 2. The van der Waals surface area contributed by atoms with Gasteiger partial charge in [0.1, 0.15) is 0 Å². The van der Waals surface area contributed by atoms with Gasteiger partial charge in [0, 0.05) is 17.8 Å². The van der Waals surface area contributed by atoms with Gasteiger partial charge in [-0.25, -0.2) is 0 Å². The molecule has 3 rings (SSSR count). The zero-order chi connectivity index (χ0) is 18.0. The van der Waals surface area contributed by atoms with Gasteiger partial charge in [-0.2, -0.15) is 0 Å². The van der Waals surface area contributed by atoms with Gasteiger partial charge in [-0.15, -0.1) is 0 Å². The molecule has 6 heteroatoms. The molecule has 6 nitrogen and oxygen atoms in total. The van der Waals surface area contributed by atoms with Gasteiger partial charge in [0.25, 0.3) is 5.91 Å². The van der Waals surface area contributed by atoms with Crippen molar-refractivity contribution in [2.24, 2.45) is 0 Å². The maximum Gasteiger partial charge on any atom is 0.316 e. The molecule has 0 aliphatic carbocycles. The molecule has 1 heterocycles. The van der Waals surface area contributed by atoms with Crippen molar-refractivity contribution >= 4 is 22.6 Å². The van der Waals surface area contributed by atoms with Gasteiger partial charge in [-0.3, -0.25) is 14.4 Å². The highest BCUT2D eigenvalue weighted by molar-refractivity contribution is 6.05. The summed E-state index contributed by atoms with van der Waals surface area (Å²) in [6.07, 6.45) is 0.936. The molecule has 0 aliphatic rings. The Morgan fingerprint density at radius 1 is 1.08 bits per heavy atom. The largest absolute Gasteiger partial charge is 0.322 e. The first-order valence-electron chi connectivity index (χ1n) is 8.20. The van der Waals surface area contributed by atoms with Crippen molar-refractivity contribution < 1.29 is 4.79 Å². The Morgan fingerprint density at radius 3 is 2.44 bits per heavy atom. The Bertz CT molecular complexity index is 1050. The lowest BCUT2D eigenvalue weighted by atomic mass is 10.1. The van der Waals surface area contributed by atoms with E-state index in [9.17, 15) is 14.4 Å². The van der Waals surface area contributed by atoms with Gasteiger partial charge in [-0.1, -0.05) is 19.1 Å². The lowest BCUT2D eigenvalue weighted by Gasteiger charge is -2.09. The minimum atomic E-state index is -0.693. The van der Waals surface area contributed by atoms with E-state index in [0.717, 1.165) is 6.42 Å². The average molecular weight is 337 g/mol. The fraction of sp³-hybridized carbons (Fsp3) is 0.211. The van der Waals surface area contributed by atoms with Gasteiger partial charge >= 0.3 is 11.1 Å². The van der Waals surface area contributed by atoms with Crippen LogP contribution in [0, 0.1) is 0 Å². The number of anilines is 1. The molecule has 0 radical (unpaired) electrons. The van der Waals surface area contributed by atoms with Crippen LogP contribution in [0.4, 0.5) is 5.69 Å². The van der Waals surface area contributed by atoms with Crippen LogP contribution in [-0.2, 0) is 13.0 Å². The second-order valence-electron chi connectivity index (χ2n) is 5.74. The van der Waals surface area contributed by atoms with Crippen LogP contribution in [-0.4, -0.2) is 15.5 Å². The third kappa shape index (κ3) is 3.24. The fourth-order valence-electron chi connectivity index (χ4n) is 2.76. The summed E-state index contributed by atoms with van der Waals surface area (Å²) in [7, 11) is 0. The van der Waals surface area contributed by atoms with E-state index in [-0.39, 0.29) is 5.91 Å². The standard InChI is InChI=1S/C19H19N3O3/c1-3-12-5-8-14(9-6-12)20-17(23)13-7-10-16-15(11-13)21-18(24)19(25)22(16)4-2/h5-11H,3-4H2,1-2H3,(H,20,23)(H,21,24). The summed E-state index contributed by atoms with van der Waals surface area (Å²) in [5.41, 5.74) is 2.07. The van der Waals surface area contributed by atoms with E-state index in [4.69, 9.17) is 0 Å². The van der Waals surface area contributed by atoms with E-state index >= 15 is 0 Å². The lowest BCUT2D eigenvalue weighted by Crippen LogP contribution is -2.36. The molecular formula is C19H19N3O3. The lowest BCUT2D eigenvalue weighted by molar-refractivity contribution is 0.102. The summed E-state index contributed by atoms with van der Waals surface area (Å²) < 4.78 is 1.39. The van der Waals surface area contributed by atoms with Crippen molar-refractivity contribution in [2.75, 3.05) is 5.32 Å². The van der Waals surface area contributed by atoms with E-state index in [2.05, 4.69) is 17.2 Å². The van der Waals surface area contributed by atoms with E-state index in [1.807, 2.05) is 24.3 Å². The van der Waals surface area contributed by atoms with E-state index < -0.39 is 11.1 Å². The molecular weight excluding hydrogens is 318 g/mol. The molecule has 0 spiro atoms. The number of rotatable bonds is 4. The highest BCUT2D eigenvalue weighted by Gasteiger charge is 2.11. The maximum absolute atomic E-state index is 12.4. The number of carbonyl (C=O) groups excluding carboxylic acids is 1. The summed E-state index contributed by atoms with van der Waals surface area (Å²) in [6.45, 7) is 4.24. The molecule has 0 aliphatic heterocycles. The maximum atomic E-state index is 12.4. The van der Waals surface area contributed by atoms with Gasteiger partial charge in [0.2, 0.25) is 0 Å². The zero-order valence-corrected chi connectivity index (χ0v) is 14.1. The van der Waals surface area contributed by atoms with Crippen LogP contribution < -0.4 is 16.4 Å². The van der Waals surface area contributed by atoms with Crippen molar-refractivity contribution in [3.8, 4) is 0 Å². The molecule has 2 aromatic carbocycles. The molecule has 0 saturated heterocycles. The normalized spacial score (nSPS) is 10.8. The van der Waals surface area contributed by atoms with E-state index in [1.54, 1.807) is 25.1 Å². The van der Waals surface area contributed by atoms with Crippen LogP contribution in [0.1, 0.15) is 29.8 Å². The second kappa shape index (κ2) is 6.76. The fourth-order valence-corrected chi connectivity index (χ4v) is 2.76. The molecule has 0 atom stereocenters. The van der Waals surface area contributed by atoms with Gasteiger partial charge in [-0.05, 0) is 49.2 Å². The SMILES string of the molecule is CCc1ccc(NC(=O)c2ccc3c(c2)[nH]c(=O)c(=O)n3CC)cc1. The van der Waals surface area contributed by atoms with Crippen LogP contribution >= 0.6 is 0 Å². The van der Waals surface area contributed by atoms with Crippen molar-refractivity contribution in [2.45, 2.75) is 26.8 Å². The minimum Gasteiger partial charge on any atom is -0.322 e. The number of nitrogens with one attached hydrogen (secondary N) is 2. The predicted octanol–water partition coefficient (Wildman–Crippen LogP) is 2.52. The molecule has 0 bridgehead atoms. The molecule has 25 heavy (non-hydrogen) atoms. The quantitative estimate of drug-likeness (QED) is 0.718. The van der Waals surface area contributed by atoms with Crippen molar-refractivity contribution in [1.82, 2.24) is 9.55 Å². The Hall–Kier alpha value is -3.15. The van der Waals surface area contributed by atoms with Crippen LogP contribution in [0.5, 0.6) is 0 Å². The Labute approximate surface area is 144 Å². The van der Waals surface area contributed by atoms with Gasteiger partial charge < -0.3 is 14.9 Å². The van der Waals surface area contributed by atoms with Crippen molar-refractivity contribution in [1.29, 1.82) is 0 Å². The molecule has 1 amide bonds. The third-order valence-corrected chi connectivity index (χ3v) is 4.17. The second-order valence-corrected chi connectivity index (χ2v) is 5.74. The van der Waals surface area contributed by atoms with Crippen molar-refractivity contribution in [3.05, 3.63) is 74.3 Å². The van der Waals surface area contributed by atoms with Crippen LogP contribution in [0.3, 0.4) is 0 Å². The number of aromatic nitrogens is 2. The smallest absolute Gasteiger partial charge is 0.316 e. The number of fused-ring (bicyclic) bond motifs is 1. The number of benzene rings is 2. The summed E-state index contributed by atoms with van der Waals surface area (Å²) in [6, 6.07) is 12.5. The van der Waals surface area contributed by atoms with Gasteiger partial charge in [0.15, 0.2) is 0 Å². The zero-order valence-electron chi connectivity index (χ0n) is 14.1. The van der Waals surface area contributed by atoms with Crippen LogP contribution in [0.2, 0.25) is 0 Å². The number of aromatic amines is 1. The first-order valence-corrected chi connectivity index (χ1v) is 8.20. The number of nitrogens with zero attached hydrogens (tertiary/aromatic N) is 1. The number of carbonyl (C=O) groups is 1. The Morgan fingerprint density at radius 2 is 1.80 bits per heavy atom. The average Bonchev–Trinajstić information content (AvgIpc) is 2.63. The summed E-state index contributed by atoms with van der Waals surface area (Å²) in [5, 5.41) is 2.83. The first kappa shape index (κ1) is 16.7. The van der Waals surface area contributed by atoms with Crippen LogP contribution in [0.25, 0.3) is 11.0 Å². The predicted molar refractivity (Wildman–Crippen MR) is 98.3 cm³/mol. The molecule has 2 N–H and O–H groups in total. The van der Waals surface area contributed by atoms with Crippen molar-refractivity contribution in [3.63, 3.8) is 0 Å². The number of H-pyrrole nitrogens is 1. The number of hydrogen-bond acceptors (Lipinski definition) is 3. The van der Waals surface area contributed by atoms with E-state index in [0.29, 0.717) is 28.8 Å². The van der Waals surface area contributed by atoms with Crippen LogP contribution in [0.15, 0.2) is 52.1 Å². The molecule has 3 aromatic rings. The highest BCUT2D eigenvalue weighted by atomic mass is 16.2. The number of hydrogen-bond donors (Lipinski definition) is 2. The van der Waals surface area contributed by atoms with E-state index in [1.165, 1.54) is 10.1 Å². The van der Waals surface area contributed by atoms with Gasteiger partial charge in [0.05, 0.1) is 11.0 Å². The Kier molecular flexibility index (Phi) is 4.52. The topological polar surface area (TPSA) is 84.0 Å². The molecule has 0 fully saturated rings. The minimum absolute atomic E-state index is 0.277. The molecule has 128 valence electrons. The highest BCUT2D eigenvalue weighted by Crippen LogP contribution is 2.15. The molecule has 0 unspecified atom stereocenters. The molecule has 0 saturated carbocycles. The summed E-state index contributed by atoms with van der Waals surface area (Å²) in [4.78, 5) is 38.6. The number of amides is 1. The monoisotopic (exact) mass is 337 g/mol. The third-order valence-electron chi connectivity index (χ3n) is 4.17. The summed E-state index contributed by atoms with van der Waals surface area (Å²) in [5.74, 6) is -0.277.